The van der Waals surface area contributed by atoms with E-state index in [2.05, 4.69) is 4.72 Å². The minimum absolute atomic E-state index is 0.0253. The lowest BCUT2D eigenvalue weighted by molar-refractivity contribution is -0.135. The van der Waals surface area contributed by atoms with E-state index < -0.39 is 16.1 Å². The van der Waals surface area contributed by atoms with Crippen molar-refractivity contribution in [2.75, 3.05) is 26.2 Å². The van der Waals surface area contributed by atoms with E-state index in [9.17, 15) is 18.0 Å². The Morgan fingerprint density at radius 3 is 2.63 bits per heavy atom. The van der Waals surface area contributed by atoms with Crippen molar-refractivity contribution in [3.8, 4) is 0 Å². The summed E-state index contributed by atoms with van der Waals surface area (Å²) in [5.74, 6) is 0.0357. The molecule has 3 aliphatic rings. The first-order valence-corrected chi connectivity index (χ1v) is 11.0. The Morgan fingerprint density at radius 1 is 1.26 bits per heavy atom. The lowest BCUT2D eigenvalue weighted by Gasteiger charge is -2.40. The molecule has 0 saturated carbocycles. The standard InChI is InChI=1S/C19H25N3O4S/c1-2-21-13-19(12-17(21)23)7-9-22(10-8-19)18(24)15-11-14-5-3-4-6-16(14)27(25,26)20-15/h3-6,15,20H,2,7-13H2,1H3/t15-/m0/s1. The van der Waals surface area contributed by atoms with E-state index in [0.717, 1.165) is 25.9 Å². The molecule has 1 aromatic carbocycles. The number of carbonyl (C=O) groups is 2. The van der Waals surface area contributed by atoms with Crippen LogP contribution in [0.5, 0.6) is 0 Å². The first-order valence-electron chi connectivity index (χ1n) is 9.50. The Bertz CT molecular complexity index is 875. The molecule has 1 spiro atoms. The minimum Gasteiger partial charge on any atom is -0.342 e. The van der Waals surface area contributed by atoms with E-state index in [-0.39, 0.29) is 22.1 Å². The van der Waals surface area contributed by atoms with Gasteiger partial charge in [0.25, 0.3) is 0 Å². The number of piperidine rings is 1. The largest absolute Gasteiger partial charge is 0.342 e. The third kappa shape index (κ3) is 3.25. The van der Waals surface area contributed by atoms with Crippen LogP contribution in [0.25, 0.3) is 0 Å². The van der Waals surface area contributed by atoms with Crippen molar-refractivity contribution in [3.05, 3.63) is 29.8 Å². The quantitative estimate of drug-likeness (QED) is 0.806. The molecule has 0 aliphatic carbocycles. The second kappa shape index (κ2) is 6.60. The monoisotopic (exact) mass is 391 g/mol. The second-order valence-corrected chi connectivity index (χ2v) is 9.58. The molecule has 0 unspecified atom stereocenters. The van der Waals surface area contributed by atoms with Crippen molar-refractivity contribution in [3.63, 3.8) is 0 Å². The molecule has 4 rings (SSSR count). The summed E-state index contributed by atoms with van der Waals surface area (Å²) in [6.45, 7) is 4.63. The van der Waals surface area contributed by atoms with Crippen LogP contribution in [0.1, 0.15) is 31.7 Å². The van der Waals surface area contributed by atoms with Gasteiger partial charge in [-0.05, 0) is 37.8 Å². The Labute approximate surface area is 159 Å². The van der Waals surface area contributed by atoms with Gasteiger partial charge in [-0.2, -0.15) is 4.72 Å². The van der Waals surface area contributed by atoms with Gasteiger partial charge in [-0.3, -0.25) is 9.59 Å². The van der Waals surface area contributed by atoms with Crippen molar-refractivity contribution in [2.45, 2.75) is 43.5 Å². The van der Waals surface area contributed by atoms with Crippen LogP contribution in [-0.2, 0) is 26.0 Å². The molecule has 8 heteroatoms. The first kappa shape index (κ1) is 18.4. The Kier molecular flexibility index (Phi) is 4.50. The summed E-state index contributed by atoms with van der Waals surface area (Å²) in [6, 6.07) is 6.06. The SMILES string of the molecule is CCN1CC2(CCN(C(=O)[C@@H]3Cc4ccccc4S(=O)(=O)N3)CC2)CC1=O. The predicted molar refractivity (Wildman–Crippen MR) is 99.4 cm³/mol. The molecule has 2 saturated heterocycles. The molecule has 7 nitrogen and oxygen atoms in total. The molecule has 1 aromatic rings. The van der Waals surface area contributed by atoms with E-state index in [1.54, 1.807) is 29.2 Å². The maximum absolute atomic E-state index is 13.0. The molecule has 27 heavy (non-hydrogen) atoms. The smallest absolute Gasteiger partial charge is 0.241 e. The number of carbonyl (C=O) groups excluding carboxylic acids is 2. The van der Waals surface area contributed by atoms with Crippen LogP contribution in [0.2, 0.25) is 0 Å². The van der Waals surface area contributed by atoms with E-state index in [1.807, 2.05) is 11.8 Å². The van der Waals surface area contributed by atoms with E-state index in [0.29, 0.717) is 31.5 Å². The zero-order valence-electron chi connectivity index (χ0n) is 15.5. The maximum Gasteiger partial charge on any atom is 0.241 e. The zero-order valence-corrected chi connectivity index (χ0v) is 16.3. The minimum atomic E-state index is -3.66. The molecule has 1 atom stereocenters. The summed E-state index contributed by atoms with van der Waals surface area (Å²) in [5.41, 5.74) is 0.658. The Balaban J connectivity index is 1.44. The fourth-order valence-electron chi connectivity index (χ4n) is 4.61. The van der Waals surface area contributed by atoms with Gasteiger partial charge in [0.05, 0.1) is 4.90 Å². The van der Waals surface area contributed by atoms with Crippen molar-refractivity contribution >= 4 is 21.8 Å². The molecule has 146 valence electrons. The molecule has 3 heterocycles. The van der Waals surface area contributed by atoms with Crippen molar-refractivity contribution < 1.29 is 18.0 Å². The molecule has 3 aliphatic heterocycles. The van der Waals surface area contributed by atoms with Crippen LogP contribution in [0.4, 0.5) is 0 Å². The molecule has 1 N–H and O–H groups in total. The summed E-state index contributed by atoms with van der Waals surface area (Å²) in [4.78, 5) is 29.0. The third-order valence-electron chi connectivity index (χ3n) is 6.20. The van der Waals surface area contributed by atoms with Crippen LogP contribution < -0.4 is 4.72 Å². The number of rotatable bonds is 2. The van der Waals surface area contributed by atoms with E-state index in [4.69, 9.17) is 0 Å². The van der Waals surface area contributed by atoms with Crippen LogP contribution in [-0.4, -0.2) is 62.3 Å². The number of nitrogens with zero attached hydrogens (tertiary/aromatic N) is 2. The Morgan fingerprint density at radius 2 is 1.96 bits per heavy atom. The van der Waals surface area contributed by atoms with Gasteiger partial charge in [-0.1, -0.05) is 18.2 Å². The summed E-state index contributed by atoms with van der Waals surface area (Å²) in [7, 11) is -3.66. The molecular weight excluding hydrogens is 366 g/mol. The molecule has 2 amide bonds. The molecule has 2 fully saturated rings. The first-order chi connectivity index (χ1) is 12.8. The number of benzene rings is 1. The molecular formula is C19H25N3O4S. The van der Waals surface area contributed by atoms with Crippen LogP contribution >= 0.6 is 0 Å². The number of nitrogens with one attached hydrogen (secondary N) is 1. The molecule has 0 aromatic heterocycles. The van der Waals surface area contributed by atoms with Crippen molar-refractivity contribution in [2.24, 2.45) is 5.41 Å². The average molecular weight is 391 g/mol. The fourth-order valence-corrected chi connectivity index (χ4v) is 6.05. The highest BCUT2D eigenvalue weighted by molar-refractivity contribution is 7.89. The van der Waals surface area contributed by atoms with Gasteiger partial charge >= 0.3 is 0 Å². The normalized spacial score (nSPS) is 26.3. The third-order valence-corrected chi connectivity index (χ3v) is 7.78. The van der Waals surface area contributed by atoms with Crippen LogP contribution in [0.3, 0.4) is 0 Å². The molecule has 0 bridgehead atoms. The van der Waals surface area contributed by atoms with E-state index >= 15 is 0 Å². The van der Waals surface area contributed by atoms with E-state index in [1.165, 1.54) is 0 Å². The highest BCUT2D eigenvalue weighted by Gasteiger charge is 2.46. The van der Waals surface area contributed by atoms with Crippen molar-refractivity contribution in [1.82, 2.24) is 14.5 Å². The van der Waals surface area contributed by atoms with Crippen LogP contribution in [0.15, 0.2) is 29.2 Å². The van der Waals surface area contributed by atoms with Gasteiger partial charge in [0.15, 0.2) is 0 Å². The lowest BCUT2D eigenvalue weighted by Crippen LogP contribution is -2.54. The van der Waals surface area contributed by atoms with Gasteiger partial charge < -0.3 is 9.80 Å². The van der Waals surface area contributed by atoms with Crippen molar-refractivity contribution in [1.29, 1.82) is 0 Å². The zero-order chi connectivity index (χ0) is 19.2. The number of likely N-dealkylation sites (tertiary alicyclic amines) is 2. The highest BCUT2D eigenvalue weighted by atomic mass is 32.2. The highest BCUT2D eigenvalue weighted by Crippen LogP contribution is 2.41. The lowest BCUT2D eigenvalue weighted by atomic mass is 9.77. The van der Waals surface area contributed by atoms with Gasteiger partial charge in [-0.25, -0.2) is 8.42 Å². The summed E-state index contributed by atoms with van der Waals surface area (Å²) in [5, 5.41) is 0. The summed E-state index contributed by atoms with van der Waals surface area (Å²) < 4.78 is 27.5. The van der Waals surface area contributed by atoms with Gasteiger partial charge in [-0.15, -0.1) is 0 Å². The molecule has 0 radical (unpaired) electrons. The van der Waals surface area contributed by atoms with Gasteiger partial charge in [0.2, 0.25) is 21.8 Å². The summed E-state index contributed by atoms with van der Waals surface area (Å²) >= 11 is 0. The van der Waals surface area contributed by atoms with Gasteiger partial charge in [0, 0.05) is 38.0 Å². The predicted octanol–water partition coefficient (Wildman–Crippen LogP) is 0.751. The second-order valence-electron chi connectivity index (χ2n) is 7.90. The fraction of sp³-hybridized carbons (Fsp3) is 0.579. The number of fused-ring (bicyclic) bond motifs is 1. The number of hydrogen-bond donors (Lipinski definition) is 1. The number of amides is 2. The number of sulfonamides is 1. The number of hydrogen-bond acceptors (Lipinski definition) is 4. The average Bonchev–Trinajstić information content (AvgIpc) is 2.96. The summed E-state index contributed by atoms with van der Waals surface area (Å²) in [6.07, 6.45) is 2.51. The van der Waals surface area contributed by atoms with Crippen LogP contribution in [0, 0.1) is 5.41 Å². The Hall–Kier alpha value is -1.93. The van der Waals surface area contributed by atoms with Gasteiger partial charge in [0.1, 0.15) is 6.04 Å². The maximum atomic E-state index is 13.0. The topological polar surface area (TPSA) is 86.8 Å².